The standard InChI is InChI=1S/C15H22BrN7O2/c16-13(17)12-14(18)19-10-20-15(12)23-3-1-21(2-4-23)9-11(24)22-5-7-25-8-6-22/h10,17H,1-9H2,(H2,18,19,20). The van der Waals surface area contributed by atoms with Crippen LogP contribution in [0.25, 0.3) is 0 Å². The molecule has 3 rings (SSSR count). The summed E-state index contributed by atoms with van der Waals surface area (Å²) in [5.41, 5.74) is 6.40. The van der Waals surface area contributed by atoms with Gasteiger partial charge >= 0.3 is 0 Å². The molecule has 25 heavy (non-hydrogen) atoms. The lowest BCUT2D eigenvalue weighted by atomic mass is 10.2. The summed E-state index contributed by atoms with van der Waals surface area (Å²) in [7, 11) is 0. The molecule has 1 aromatic rings. The highest BCUT2D eigenvalue weighted by Crippen LogP contribution is 2.24. The molecule has 136 valence electrons. The zero-order chi connectivity index (χ0) is 17.8. The molecule has 0 radical (unpaired) electrons. The molecule has 0 spiro atoms. The summed E-state index contributed by atoms with van der Waals surface area (Å²) in [5, 5.41) is 7.84. The molecule has 0 aromatic carbocycles. The Kier molecular flexibility index (Phi) is 5.82. The van der Waals surface area contributed by atoms with E-state index in [0.717, 1.165) is 26.2 Å². The van der Waals surface area contributed by atoms with Crippen LogP contribution in [-0.4, -0.2) is 89.3 Å². The number of amides is 1. The van der Waals surface area contributed by atoms with E-state index in [1.807, 2.05) is 4.90 Å². The summed E-state index contributed by atoms with van der Waals surface area (Å²) < 4.78 is 5.46. The third kappa shape index (κ3) is 4.25. The van der Waals surface area contributed by atoms with Crippen LogP contribution in [0.4, 0.5) is 11.6 Å². The minimum absolute atomic E-state index is 0.158. The summed E-state index contributed by atoms with van der Waals surface area (Å²) in [4.78, 5) is 26.7. The number of hydrogen-bond acceptors (Lipinski definition) is 8. The van der Waals surface area contributed by atoms with Crippen molar-refractivity contribution in [2.45, 2.75) is 0 Å². The minimum Gasteiger partial charge on any atom is -0.383 e. The Balaban J connectivity index is 1.58. The van der Waals surface area contributed by atoms with Crippen molar-refractivity contribution < 1.29 is 9.53 Å². The molecule has 2 aliphatic rings. The van der Waals surface area contributed by atoms with Crippen LogP contribution in [0.2, 0.25) is 0 Å². The molecule has 1 amide bonds. The van der Waals surface area contributed by atoms with E-state index in [-0.39, 0.29) is 16.3 Å². The zero-order valence-corrected chi connectivity index (χ0v) is 15.5. The summed E-state index contributed by atoms with van der Waals surface area (Å²) in [6, 6.07) is 0. The van der Waals surface area contributed by atoms with Gasteiger partial charge in [0.1, 0.15) is 22.6 Å². The van der Waals surface area contributed by atoms with Gasteiger partial charge in [-0.3, -0.25) is 15.1 Å². The lowest BCUT2D eigenvalue weighted by molar-refractivity contribution is -0.136. The number of morpholine rings is 1. The van der Waals surface area contributed by atoms with Crippen molar-refractivity contribution >= 4 is 38.1 Å². The molecule has 10 heteroatoms. The van der Waals surface area contributed by atoms with Crippen molar-refractivity contribution in [3.63, 3.8) is 0 Å². The number of piperazine rings is 1. The third-order valence-electron chi connectivity index (χ3n) is 4.47. The highest BCUT2D eigenvalue weighted by atomic mass is 79.9. The number of ether oxygens (including phenoxy) is 1. The monoisotopic (exact) mass is 411 g/mol. The van der Waals surface area contributed by atoms with Gasteiger partial charge in [-0.15, -0.1) is 0 Å². The van der Waals surface area contributed by atoms with Crippen LogP contribution in [-0.2, 0) is 9.53 Å². The molecule has 3 N–H and O–H groups in total. The van der Waals surface area contributed by atoms with E-state index in [2.05, 4.69) is 35.7 Å². The Bertz CT molecular complexity index is 643. The van der Waals surface area contributed by atoms with Crippen LogP contribution in [0, 0.1) is 5.41 Å². The molecule has 0 saturated carbocycles. The van der Waals surface area contributed by atoms with E-state index in [4.69, 9.17) is 15.9 Å². The molecule has 0 aliphatic carbocycles. The number of nitrogens with zero attached hydrogens (tertiary/aromatic N) is 5. The molecule has 0 bridgehead atoms. The van der Waals surface area contributed by atoms with Gasteiger partial charge in [-0.2, -0.15) is 0 Å². The molecule has 9 nitrogen and oxygen atoms in total. The molecular weight excluding hydrogens is 390 g/mol. The molecule has 0 unspecified atom stereocenters. The van der Waals surface area contributed by atoms with Crippen LogP contribution in [0.15, 0.2) is 6.33 Å². The Morgan fingerprint density at radius 1 is 1.20 bits per heavy atom. The van der Waals surface area contributed by atoms with Gasteiger partial charge in [0.05, 0.1) is 25.3 Å². The Hall–Kier alpha value is -1.78. The van der Waals surface area contributed by atoms with E-state index in [0.29, 0.717) is 44.2 Å². The van der Waals surface area contributed by atoms with Gasteiger partial charge in [-0.05, 0) is 15.9 Å². The number of aromatic nitrogens is 2. The summed E-state index contributed by atoms with van der Waals surface area (Å²) >= 11 is 3.17. The fourth-order valence-electron chi connectivity index (χ4n) is 3.06. The number of hydrogen-bond donors (Lipinski definition) is 2. The van der Waals surface area contributed by atoms with Gasteiger partial charge in [0.15, 0.2) is 0 Å². The van der Waals surface area contributed by atoms with Gasteiger partial charge in [0.2, 0.25) is 5.91 Å². The maximum Gasteiger partial charge on any atom is 0.236 e. The zero-order valence-electron chi connectivity index (χ0n) is 13.9. The SMILES string of the molecule is N=C(Br)c1c(N)ncnc1N1CCN(CC(=O)N2CCOCC2)CC1. The number of anilines is 2. The Morgan fingerprint density at radius 3 is 2.52 bits per heavy atom. The van der Waals surface area contributed by atoms with Crippen LogP contribution in [0.5, 0.6) is 0 Å². The maximum absolute atomic E-state index is 12.3. The second-order valence-corrected chi connectivity index (χ2v) is 6.82. The van der Waals surface area contributed by atoms with E-state index in [1.54, 1.807) is 0 Å². The molecule has 3 heterocycles. The summed E-state index contributed by atoms with van der Waals surface area (Å²) in [5.74, 6) is 1.11. The number of nitrogens with one attached hydrogen (secondary N) is 1. The van der Waals surface area contributed by atoms with Crippen molar-refractivity contribution in [3.8, 4) is 0 Å². The van der Waals surface area contributed by atoms with Crippen molar-refractivity contribution in [3.05, 3.63) is 11.9 Å². The first-order chi connectivity index (χ1) is 12.1. The smallest absolute Gasteiger partial charge is 0.236 e. The van der Waals surface area contributed by atoms with E-state index in [1.165, 1.54) is 6.33 Å². The van der Waals surface area contributed by atoms with Crippen molar-refractivity contribution in [1.29, 1.82) is 5.41 Å². The van der Waals surface area contributed by atoms with Gasteiger partial charge in [0.25, 0.3) is 0 Å². The average molecular weight is 412 g/mol. The Labute approximate surface area is 154 Å². The summed E-state index contributed by atoms with van der Waals surface area (Å²) in [6.45, 7) is 5.99. The number of carbonyl (C=O) groups is 1. The number of carbonyl (C=O) groups excluding carboxylic acids is 1. The fourth-order valence-corrected chi connectivity index (χ4v) is 3.44. The first kappa shape index (κ1) is 18.0. The van der Waals surface area contributed by atoms with Crippen molar-refractivity contribution in [2.24, 2.45) is 0 Å². The van der Waals surface area contributed by atoms with Crippen LogP contribution < -0.4 is 10.6 Å². The highest BCUT2D eigenvalue weighted by molar-refractivity contribution is 9.18. The molecule has 0 atom stereocenters. The van der Waals surface area contributed by atoms with Gasteiger partial charge < -0.3 is 20.3 Å². The lowest BCUT2D eigenvalue weighted by Gasteiger charge is -2.37. The first-order valence-electron chi connectivity index (χ1n) is 8.24. The fraction of sp³-hybridized carbons (Fsp3) is 0.600. The number of nitrogens with two attached hydrogens (primary N) is 1. The highest BCUT2D eigenvalue weighted by Gasteiger charge is 2.25. The van der Waals surface area contributed by atoms with Gasteiger partial charge in [0, 0.05) is 39.3 Å². The number of nitrogen functional groups attached to an aromatic ring is 1. The Morgan fingerprint density at radius 2 is 1.88 bits per heavy atom. The van der Waals surface area contributed by atoms with Gasteiger partial charge in [-0.25, -0.2) is 9.97 Å². The maximum atomic E-state index is 12.3. The first-order valence-corrected chi connectivity index (χ1v) is 9.03. The van der Waals surface area contributed by atoms with E-state index >= 15 is 0 Å². The van der Waals surface area contributed by atoms with Crippen LogP contribution >= 0.6 is 15.9 Å². The quantitative estimate of drug-likeness (QED) is 0.657. The number of rotatable bonds is 4. The topological polar surface area (TPSA) is 112 Å². The van der Waals surface area contributed by atoms with E-state index < -0.39 is 0 Å². The molecule has 2 saturated heterocycles. The molecule has 1 aromatic heterocycles. The molecular formula is C15H22BrN7O2. The minimum atomic E-state index is 0.158. The molecule has 2 aliphatic heterocycles. The number of halogens is 1. The normalized spacial score (nSPS) is 19.1. The van der Waals surface area contributed by atoms with E-state index in [9.17, 15) is 4.79 Å². The van der Waals surface area contributed by atoms with Crippen molar-refractivity contribution in [1.82, 2.24) is 19.8 Å². The van der Waals surface area contributed by atoms with Crippen molar-refractivity contribution in [2.75, 3.05) is 69.7 Å². The largest absolute Gasteiger partial charge is 0.383 e. The lowest BCUT2D eigenvalue weighted by Crippen LogP contribution is -2.52. The second kappa shape index (κ2) is 8.07. The van der Waals surface area contributed by atoms with Gasteiger partial charge in [-0.1, -0.05) is 0 Å². The summed E-state index contributed by atoms with van der Waals surface area (Å²) in [6.07, 6.45) is 1.42. The predicted molar refractivity (Wildman–Crippen MR) is 98.3 cm³/mol. The van der Waals surface area contributed by atoms with Crippen LogP contribution in [0.3, 0.4) is 0 Å². The molecule has 2 fully saturated rings. The predicted octanol–water partition coefficient (Wildman–Crippen LogP) is -0.240. The second-order valence-electron chi connectivity index (χ2n) is 6.03. The average Bonchev–Trinajstić information content (AvgIpc) is 2.62. The third-order valence-corrected chi connectivity index (χ3v) is 4.87. The van der Waals surface area contributed by atoms with Crippen LogP contribution in [0.1, 0.15) is 5.56 Å².